The Morgan fingerprint density at radius 2 is 1.94 bits per heavy atom. The van der Waals surface area contributed by atoms with Gasteiger partial charge in [-0.1, -0.05) is 0 Å². The summed E-state index contributed by atoms with van der Waals surface area (Å²) >= 11 is 0. The molecule has 0 amide bonds. The summed E-state index contributed by atoms with van der Waals surface area (Å²) in [5.74, 6) is 0. The molecular formula is C14H14N4. The number of piperidine rings is 1. The second-order valence-electron chi connectivity index (χ2n) is 5.31. The van der Waals surface area contributed by atoms with E-state index in [4.69, 9.17) is 5.26 Å². The first-order valence-electron chi connectivity index (χ1n) is 6.29. The summed E-state index contributed by atoms with van der Waals surface area (Å²) < 4.78 is 0. The summed E-state index contributed by atoms with van der Waals surface area (Å²) in [7, 11) is 0. The van der Waals surface area contributed by atoms with Gasteiger partial charge in [-0.15, -0.1) is 0 Å². The lowest BCUT2D eigenvalue weighted by atomic mass is 9.72. The van der Waals surface area contributed by atoms with Gasteiger partial charge in [0.2, 0.25) is 0 Å². The molecule has 0 radical (unpaired) electrons. The molecule has 4 nitrogen and oxygen atoms in total. The third-order valence-electron chi connectivity index (χ3n) is 4.16. The minimum atomic E-state index is -0.461. The Bertz CT molecular complexity index is 540. The van der Waals surface area contributed by atoms with Crippen LogP contribution in [0.5, 0.6) is 0 Å². The number of fused-ring (bicyclic) bond motifs is 2. The summed E-state index contributed by atoms with van der Waals surface area (Å²) in [5, 5.41) is 22.1. The predicted octanol–water partition coefficient (Wildman–Crippen LogP) is 1.63. The first kappa shape index (κ1) is 11.2. The number of rotatable bonds is 1. The second kappa shape index (κ2) is 4.08. The molecule has 1 aromatic rings. The lowest BCUT2D eigenvalue weighted by Gasteiger charge is -2.36. The van der Waals surface area contributed by atoms with Crippen molar-refractivity contribution in [3.63, 3.8) is 0 Å². The SMILES string of the molecule is N#Cc1cncc([C@]2(C#N)C[C@H]3CC[C@@H](C2)N3)c1. The van der Waals surface area contributed by atoms with Gasteiger partial charge in [0.25, 0.3) is 0 Å². The highest BCUT2D eigenvalue weighted by Gasteiger charge is 2.45. The van der Waals surface area contributed by atoms with Crippen LogP contribution in [0.2, 0.25) is 0 Å². The van der Waals surface area contributed by atoms with E-state index < -0.39 is 5.41 Å². The minimum absolute atomic E-state index is 0.439. The number of hydrogen-bond acceptors (Lipinski definition) is 4. The summed E-state index contributed by atoms with van der Waals surface area (Å²) in [4.78, 5) is 4.10. The van der Waals surface area contributed by atoms with Gasteiger partial charge < -0.3 is 5.32 Å². The van der Waals surface area contributed by atoms with Crippen LogP contribution in [0, 0.1) is 22.7 Å². The molecule has 18 heavy (non-hydrogen) atoms. The summed E-state index contributed by atoms with van der Waals surface area (Å²) in [6.07, 6.45) is 7.26. The first-order chi connectivity index (χ1) is 8.75. The van der Waals surface area contributed by atoms with Crippen molar-refractivity contribution in [2.24, 2.45) is 0 Å². The Balaban J connectivity index is 2.02. The number of aromatic nitrogens is 1. The van der Waals surface area contributed by atoms with E-state index in [0.717, 1.165) is 31.2 Å². The summed E-state index contributed by atoms with van der Waals surface area (Å²) in [6, 6.07) is 7.29. The maximum Gasteiger partial charge on any atom is 0.101 e. The molecule has 0 aliphatic carbocycles. The van der Waals surface area contributed by atoms with Crippen LogP contribution in [-0.4, -0.2) is 17.1 Å². The first-order valence-corrected chi connectivity index (χ1v) is 6.29. The normalized spacial score (nSPS) is 33.7. The zero-order chi connectivity index (χ0) is 12.6. The third kappa shape index (κ3) is 1.66. The molecule has 0 unspecified atom stereocenters. The molecule has 0 saturated carbocycles. The molecule has 0 aromatic carbocycles. The van der Waals surface area contributed by atoms with Crippen LogP contribution in [-0.2, 0) is 5.41 Å². The van der Waals surface area contributed by atoms with Crippen LogP contribution < -0.4 is 5.32 Å². The molecule has 2 fully saturated rings. The number of nitrogens with one attached hydrogen (secondary N) is 1. The van der Waals surface area contributed by atoms with Crippen molar-refractivity contribution in [3.8, 4) is 12.1 Å². The maximum atomic E-state index is 9.63. The fraction of sp³-hybridized carbons (Fsp3) is 0.500. The lowest BCUT2D eigenvalue weighted by molar-refractivity contribution is 0.304. The molecule has 2 aliphatic rings. The minimum Gasteiger partial charge on any atom is -0.311 e. The predicted molar refractivity (Wildman–Crippen MR) is 65.4 cm³/mol. The second-order valence-corrected chi connectivity index (χ2v) is 5.31. The van der Waals surface area contributed by atoms with Crippen molar-refractivity contribution in [2.75, 3.05) is 0 Å². The summed E-state index contributed by atoms with van der Waals surface area (Å²) in [6.45, 7) is 0. The number of nitriles is 2. The monoisotopic (exact) mass is 238 g/mol. The Kier molecular flexibility index (Phi) is 2.54. The molecule has 4 heteroatoms. The topological polar surface area (TPSA) is 72.5 Å². The lowest BCUT2D eigenvalue weighted by Crippen LogP contribution is -2.46. The molecule has 1 N–H and O–H groups in total. The van der Waals surface area contributed by atoms with Crippen LogP contribution in [0.25, 0.3) is 0 Å². The van der Waals surface area contributed by atoms with Gasteiger partial charge in [-0.2, -0.15) is 10.5 Å². The average Bonchev–Trinajstić information content (AvgIpc) is 2.78. The van der Waals surface area contributed by atoms with Crippen LogP contribution in [0.15, 0.2) is 18.5 Å². The molecule has 3 rings (SSSR count). The van der Waals surface area contributed by atoms with Gasteiger partial charge in [-0.25, -0.2) is 0 Å². The van der Waals surface area contributed by atoms with Crippen LogP contribution in [0.3, 0.4) is 0 Å². The molecule has 3 atom stereocenters. The van der Waals surface area contributed by atoms with Crippen molar-refractivity contribution < 1.29 is 0 Å². The Morgan fingerprint density at radius 3 is 2.56 bits per heavy atom. The average molecular weight is 238 g/mol. The quantitative estimate of drug-likeness (QED) is 0.807. The number of nitrogens with zero attached hydrogens (tertiary/aromatic N) is 3. The Labute approximate surface area is 106 Å². The zero-order valence-corrected chi connectivity index (χ0v) is 10.1. The van der Waals surface area contributed by atoms with E-state index in [0.29, 0.717) is 17.6 Å². The fourth-order valence-corrected chi connectivity index (χ4v) is 3.30. The van der Waals surface area contributed by atoms with Gasteiger partial charge >= 0.3 is 0 Å². The van der Waals surface area contributed by atoms with Crippen LogP contribution >= 0.6 is 0 Å². The molecule has 90 valence electrons. The maximum absolute atomic E-state index is 9.63. The summed E-state index contributed by atoms with van der Waals surface area (Å²) in [5.41, 5.74) is 0.979. The highest BCUT2D eigenvalue weighted by molar-refractivity contribution is 5.38. The zero-order valence-electron chi connectivity index (χ0n) is 10.1. The van der Waals surface area contributed by atoms with Gasteiger partial charge in [0.15, 0.2) is 0 Å². The molecule has 3 heterocycles. The van der Waals surface area contributed by atoms with E-state index in [1.807, 2.05) is 6.07 Å². The fourth-order valence-electron chi connectivity index (χ4n) is 3.30. The molecule has 2 aliphatic heterocycles. The van der Waals surface area contributed by atoms with E-state index in [9.17, 15) is 5.26 Å². The Morgan fingerprint density at radius 1 is 1.22 bits per heavy atom. The largest absolute Gasteiger partial charge is 0.311 e. The van der Waals surface area contributed by atoms with Crippen LogP contribution in [0.4, 0.5) is 0 Å². The van der Waals surface area contributed by atoms with Gasteiger partial charge in [0.1, 0.15) is 6.07 Å². The van der Waals surface area contributed by atoms with E-state index >= 15 is 0 Å². The van der Waals surface area contributed by atoms with Crippen molar-refractivity contribution in [3.05, 3.63) is 29.6 Å². The number of hydrogen-bond donors (Lipinski definition) is 1. The van der Waals surface area contributed by atoms with Crippen LogP contribution in [0.1, 0.15) is 36.8 Å². The van der Waals surface area contributed by atoms with Crippen molar-refractivity contribution in [1.29, 1.82) is 10.5 Å². The smallest absolute Gasteiger partial charge is 0.101 e. The van der Waals surface area contributed by atoms with E-state index in [1.54, 1.807) is 12.4 Å². The van der Waals surface area contributed by atoms with E-state index in [2.05, 4.69) is 22.4 Å². The molecule has 2 bridgehead atoms. The molecule has 0 spiro atoms. The van der Waals surface area contributed by atoms with Gasteiger partial charge in [-0.3, -0.25) is 4.98 Å². The highest BCUT2D eigenvalue weighted by atomic mass is 15.0. The van der Waals surface area contributed by atoms with Crippen molar-refractivity contribution in [1.82, 2.24) is 10.3 Å². The van der Waals surface area contributed by atoms with Gasteiger partial charge in [-0.05, 0) is 37.3 Å². The van der Waals surface area contributed by atoms with E-state index in [-0.39, 0.29) is 0 Å². The highest BCUT2D eigenvalue weighted by Crippen LogP contribution is 2.42. The third-order valence-corrected chi connectivity index (χ3v) is 4.16. The van der Waals surface area contributed by atoms with Gasteiger partial charge in [0, 0.05) is 24.5 Å². The molecular weight excluding hydrogens is 224 g/mol. The van der Waals surface area contributed by atoms with Crippen molar-refractivity contribution in [2.45, 2.75) is 43.2 Å². The molecule has 2 saturated heterocycles. The van der Waals surface area contributed by atoms with E-state index in [1.165, 1.54) is 0 Å². The Hall–Kier alpha value is -1.91. The number of pyridine rings is 1. The molecule has 1 aromatic heterocycles. The van der Waals surface area contributed by atoms with Gasteiger partial charge in [0.05, 0.1) is 17.0 Å². The van der Waals surface area contributed by atoms with Crippen molar-refractivity contribution >= 4 is 0 Å². The standard InChI is InChI=1S/C14H14N4/c15-6-10-3-11(8-17-7-10)14(9-16)4-12-1-2-13(5-14)18-12/h3,7-8,12-13,18H,1-2,4-5H2/t12-,13+,14-.